The number of rotatable bonds is 2. The molecule has 0 bridgehead atoms. The van der Waals surface area contributed by atoms with E-state index >= 15 is 0 Å². The average molecular weight is 174 g/mol. The summed E-state index contributed by atoms with van der Waals surface area (Å²) in [4.78, 5) is 1.63. The number of quaternary nitrogens is 2. The van der Waals surface area contributed by atoms with Gasteiger partial charge in [-0.1, -0.05) is 0 Å². The van der Waals surface area contributed by atoms with Crippen molar-refractivity contribution in [1.82, 2.24) is 0 Å². The molecule has 0 aromatic rings. The Labute approximate surface area is 72.8 Å². The second-order valence-electron chi connectivity index (χ2n) is 3.49. The summed E-state index contributed by atoms with van der Waals surface area (Å²) < 4.78 is 10.8. The van der Waals surface area contributed by atoms with Crippen LogP contribution in [0.5, 0.6) is 0 Å². The van der Waals surface area contributed by atoms with Crippen LogP contribution in [-0.4, -0.2) is 52.2 Å². The van der Waals surface area contributed by atoms with E-state index in [4.69, 9.17) is 9.47 Å². The van der Waals surface area contributed by atoms with Crippen molar-refractivity contribution in [2.45, 2.75) is 6.29 Å². The quantitative estimate of drug-likeness (QED) is 0.463. The molecule has 0 aliphatic carbocycles. The fraction of sp³-hybridized carbons (Fsp3) is 1.00. The molecule has 0 aromatic heterocycles. The number of hydrogen-bond donors (Lipinski definition) is 2. The van der Waals surface area contributed by atoms with E-state index in [1.807, 2.05) is 0 Å². The minimum absolute atomic E-state index is 0.0816. The van der Waals surface area contributed by atoms with E-state index in [9.17, 15) is 0 Å². The molecule has 4 heteroatoms. The molecule has 2 aliphatic heterocycles. The molecule has 0 amide bonds. The first-order valence-corrected chi connectivity index (χ1v) is 4.83. The van der Waals surface area contributed by atoms with Gasteiger partial charge in [0, 0.05) is 0 Å². The highest BCUT2D eigenvalue weighted by Gasteiger charge is 2.24. The molecule has 0 atom stereocenters. The first kappa shape index (κ1) is 8.44. The topological polar surface area (TPSA) is 39.5 Å². The third kappa shape index (κ3) is 2.17. The molecular formula is C8H18N2O2+2. The van der Waals surface area contributed by atoms with E-state index in [0.717, 1.165) is 19.8 Å². The van der Waals surface area contributed by atoms with E-state index in [-0.39, 0.29) is 6.29 Å². The summed E-state index contributed by atoms with van der Waals surface area (Å²) >= 11 is 0. The van der Waals surface area contributed by atoms with Crippen LogP contribution in [-0.2, 0) is 9.47 Å². The van der Waals surface area contributed by atoms with E-state index in [0.29, 0.717) is 0 Å². The number of hydrogen-bond acceptors (Lipinski definition) is 2. The largest absolute Gasteiger partial charge is 0.345 e. The molecule has 2 aliphatic rings. The minimum atomic E-state index is 0.0816. The molecule has 0 saturated carbocycles. The van der Waals surface area contributed by atoms with Gasteiger partial charge in [0.1, 0.15) is 32.7 Å². The molecule has 2 saturated heterocycles. The number of piperazine rings is 1. The number of ether oxygens (including phenoxy) is 2. The Bertz CT molecular complexity index is 131. The lowest BCUT2D eigenvalue weighted by atomic mass is 10.3. The van der Waals surface area contributed by atoms with Crippen LogP contribution in [0.1, 0.15) is 0 Å². The third-order valence-corrected chi connectivity index (χ3v) is 2.55. The van der Waals surface area contributed by atoms with Gasteiger partial charge < -0.3 is 19.7 Å². The summed E-state index contributed by atoms with van der Waals surface area (Å²) in [5.74, 6) is 0. The van der Waals surface area contributed by atoms with Gasteiger partial charge in [-0.25, -0.2) is 0 Å². The highest BCUT2D eigenvalue weighted by atomic mass is 16.7. The molecule has 0 aromatic carbocycles. The molecular weight excluding hydrogens is 156 g/mol. The standard InChI is InChI=1S/C8H16N2O2/c1-3-10(4-2-9-1)7-8-11-5-6-12-8/h8-9H,1-7H2/p+2. The van der Waals surface area contributed by atoms with Crippen LogP contribution in [0.3, 0.4) is 0 Å². The monoisotopic (exact) mass is 174 g/mol. The maximum atomic E-state index is 5.40. The van der Waals surface area contributed by atoms with E-state index in [1.54, 1.807) is 4.90 Å². The van der Waals surface area contributed by atoms with Crippen LogP contribution >= 0.6 is 0 Å². The van der Waals surface area contributed by atoms with Crippen molar-refractivity contribution in [3.05, 3.63) is 0 Å². The maximum Gasteiger partial charge on any atom is 0.207 e. The van der Waals surface area contributed by atoms with Gasteiger partial charge in [0.25, 0.3) is 0 Å². The predicted octanol–water partition coefficient (Wildman–Crippen LogP) is -3.18. The lowest BCUT2D eigenvalue weighted by Crippen LogP contribution is -3.21. The van der Waals surface area contributed by atoms with Crippen LogP contribution in [0.4, 0.5) is 0 Å². The van der Waals surface area contributed by atoms with Gasteiger partial charge in [-0.05, 0) is 0 Å². The maximum absolute atomic E-state index is 5.40. The second kappa shape index (κ2) is 4.18. The zero-order chi connectivity index (χ0) is 8.23. The Morgan fingerprint density at radius 1 is 1.17 bits per heavy atom. The Hall–Kier alpha value is -0.160. The molecule has 2 rings (SSSR count). The SMILES string of the molecule is C1C[NH+](CC2OCCO2)CC[NH2+]1. The predicted molar refractivity (Wildman–Crippen MR) is 42.9 cm³/mol. The Kier molecular flexibility index (Phi) is 2.94. The van der Waals surface area contributed by atoms with Crippen molar-refractivity contribution in [3.63, 3.8) is 0 Å². The molecule has 3 N–H and O–H groups in total. The van der Waals surface area contributed by atoms with Crippen molar-refractivity contribution in [2.75, 3.05) is 45.9 Å². The fourth-order valence-corrected chi connectivity index (χ4v) is 1.85. The van der Waals surface area contributed by atoms with Gasteiger partial charge in [0.15, 0.2) is 0 Å². The summed E-state index contributed by atoms with van der Waals surface area (Å²) in [5.41, 5.74) is 0. The van der Waals surface area contributed by atoms with Crippen molar-refractivity contribution in [1.29, 1.82) is 0 Å². The highest BCUT2D eigenvalue weighted by Crippen LogP contribution is 1.99. The van der Waals surface area contributed by atoms with Gasteiger partial charge in [-0.3, -0.25) is 0 Å². The van der Waals surface area contributed by atoms with E-state index in [1.165, 1.54) is 26.2 Å². The van der Waals surface area contributed by atoms with Gasteiger partial charge in [0.05, 0.1) is 13.2 Å². The van der Waals surface area contributed by atoms with Crippen molar-refractivity contribution in [2.24, 2.45) is 0 Å². The molecule has 0 radical (unpaired) electrons. The van der Waals surface area contributed by atoms with Crippen molar-refractivity contribution >= 4 is 0 Å². The summed E-state index contributed by atoms with van der Waals surface area (Å²) in [6.07, 6.45) is 0.0816. The zero-order valence-electron chi connectivity index (χ0n) is 7.42. The summed E-state index contributed by atoms with van der Waals surface area (Å²) in [5, 5.41) is 2.37. The normalized spacial score (nSPS) is 28.0. The lowest BCUT2D eigenvalue weighted by Gasteiger charge is -2.23. The summed E-state index contributed by atoms with van der Waals surface area (Å²) in [6.45, 7) is 7.61. The first-order chi connectivity index (χ1) is 5.95. The first-order valence-electron chi connectivity index (χ1n) is 4.83. The van der Waals surface area contributed by atoms with Gasteiger partial charge in [-0.15, -0.1) is 0 Å². The molecule has 0 spiro atoms. The minimum Gasteiger partial charge on any atom is -0.345 e. The summed E-state index contributed by atoms with van der Waals surface area (Å²) in [6, 6.07) is 0. The zero-order valence-corrected chi connectivity index (χ0v) is 7.42. The van der Waals surface area contributed by atoms with Gasteiger partial charge in [-0.2, -0.15) is 0 Å². The van der Waals surface area contributed by atoms with Crippen molar-refractivity contribution < 1.29 is 19.7 Å². The highest BCUT2D eigenvalue weighted by molar-refractivity contribution is 4.49. The Morgan fingerprint density at radius 2 is 1.83 bits per heavy atom. The average Bonchev–Trinajstić information content (AvgIpc) is 2.59. The third-order valence-electron chi connectivity index (χ3n) is 2.55. The van der Waals surface area contributed by atoms with Gasteiger partial charge in [0.2, 0.25) is 6.29 Å². The molecule has 2 heterocycles. The Morgan fingerprint density at radius 3 is 2.50 bits per heavy atom. The second-order valence-corrected chi connectivity index (χ2v) is 3.49. The Balaban J connectivity index is 1.69. The van der Waals surface area contributed by atoms with Crippen LogP contribution in [0.2, 0.25) is 0 Å². The summed E-state index contributed by atoms with van der Waals surface area (Å²) in [7, 11) is 0. The van der Waals surface area contributed by atoms with Crippen LogP contribution in [0, 0.1) is 0 Å². The van der Waals surface area contributed by atoms with Crippen LogP contribution < -0.4 is 10.2 Å². The molecule has 2 fully saturated rings. The lowest BCUT2D eigenvalue weighted by molar-refractivity contribution is -0.950. The van der Waals surface area contributed by atoms with Crippen LogP contribution in [0.25, 0.3) is 0 Å². The van der Waals surface area contributed by atoms with Crippen molar-refractivity contribution in [3.8, 4) is 0 Å². The molecule has 12 heavy (non-hydrogen) atoms. The smallest absolute Gasteiger partial charge is 0.207 e. The van der Waals surface area contributed by atoms with E-state index in [2.05, 4.69) is 5.32 Å². The molecule has 4 nitrogen and oxygen atoms in total. The number of nitrogens with one attached hydrogen (secondary N) is 1. The number of nitrogens with two attached hydrogens (primary N) is 1. The molecule has 0 unspecified atom stereocenters. The molecule has 70 valence electrons. The fourth-order valence-electron chi connectivity index (χ4n) is 1.85. The van der Waals surface area contributed by atoms with Gasteiger partial charge >= 0.3 is 0 Å². The van der Waals surface area contributed by atoms with E-state index < -0.39 is 0 Å². The van der Waals surface area contributed by atoms with Crippen LogP contribution in [0.15, 0.2) is 0 Å².